The average Bonchev–Trinajstić information content (AvgIpc) is 2.40. The first-order valence-electron chi connectivity index (χ1n) is 5.80. The van der Waals surface area contributed by atoms with E-state index in [9.17, 15) is 4.79 Å². The van der Waals surface area contributed by atoms with Crippen LogP contribution < -0.4 is 0 Å². The van der Waals surface area contributed by atoms with E-state index in [0.717, 1.165) is 31.8 Å². The van der Waals surface area contributed by atoms with Crippen molar-refractivity contribution in [1.29, 1.82) is 0 Å². The summed E-state index contributed by atoms with van der Waals surface area (Å²) >= 11 is 0. The van der Waals surface area contributed by atoms with Crippen molar-refractivity contribution in [2.75, 3.05) is 20.2 Å². The summed E-state index contributed by atoms with van der Waals surface area (Å²) in [4.78, 5) is 20.4. The van der Waals surface area contributed by atoms with Crippen molar-refractivity contribution in [3.8, 4) is 0 Å². The number of carbonyl (C=O) groups excluding carboxylic acids is 1. The van der Waals surface area contributed by atoms with Crippen LogP contribution in [0.1, 0.15) is 25.1 Å². The van der Waals surface area contributed by atoms with E-state index in [1.807, 2.05) is 6.92 Å². The highest BCUT2D eigenvalue weighted by Gasteiger charge is 2.15. The molecule has 0 N–H and O–H groups in total. The van der Waals surface area contributed by atoms with Gasteiger partial charge in [0.1, 0.15) is 5.82 Å². The van der Waals surface area contributed by atoms with E-state index in [4.69, 9.17) is 0 Å². The highest BCUT2D eigenvalue weighted by Crippen LogP contribution is 2.08. The van der Waals surface area contributed by atoms with Crippen LogP contribution in [0.4, 0.5) is 4.79 Å². The maximum Gasteiger partial charge on any atom is 0.409 e. The lowest BCUT2D eigenvalue weighted by Crippen LogP contribution is -2.35. The van der Waals surface area contributed by atoms with Gasteiger partial charge in [0.05, 0.1) is 7.11 Å². The Balaban J connectivity index is 0.000000181. The number of rotatable bonds is 0. The molecular formula is C12H19N3O2. The number of likely N-dealkylation sites (tertiary alicyclic amines) is 1. The second-order valence-electron chi connectivity index (χ2n) is 3.81. The Hall–Kier alpha value is -1.65. The molecule has 1 aromatic heterocycles. The summed E-state index contributed by atoms with van der Waals surface area (Å²) in [6, 6.07) is 1.80. The lowest BCUT2D eigenvalue weighted by molar-refractivity contribution is 0.115. The van der Waals surface area contributed by atoms with Crippen LogP contribution in [0.25, 0.3) is 0 Å². The zero-order valence-electron chi connectivity index (χ0n) is 10.4. The van der Waals surface area contributed by atoms with E-state index in [1.54, 1.807) is 23.4 Å². The van der Waals surface area contributed by atoms with Crippen LogP contribution in [-0.2, 0) is 4.74 Å². The van der Waals surface area contributed by atoms with Crippen LogP contribution in [0.3, 0.4) is 0 Å². The molecule has 1 aliphatic rings. The molecule has 1 saturated heterocycles. The fourth-order valence-corrected chi connectivity index (χ4v) is 1.58. The van der Waals surface area contributed by atoms with Gasteiger partial charge in [0.25, 0.3) is 0 Å². The Morgan fingerprint density at radius 3 is 2.24 bits per heavy atom. The smallest absolute Gasteiger partial charge is 0.409 e. The summed E-state index contributed by atoms with van der Waals surface area (Å²) < 4.78 is 4.58. The number of amides is 1. The molecule has 0 radical (unpaired) electrons. The third-order valence-corrected chi connectivity index (χ3v) is 2.48. The van der Waals surface area contributed by atoms with Crippen molar-refractivity contribution >= 4 is 6.09 Å². The molecule has 5 heteroatoms. The molecule has 1 aliphatic heterocycles. The number of hydrogen-bond donors (Lipinski definition) is 0. The second-order valence-corrected chi connectivity index (χ2v) is 3.81. The molecular weight excluding hydrogens is 218 g/mol. The average molecular weight is 237 g/mol. The predicted molar refractivity (Wildman–Crippen MR) is 64.6 cm³/mol. The number of aryl methyl sites for hydroxylation is 1. The fraction of sp³-hybridized carbons (Fsp3) is 0.583. The minimum Gasteiger partial charge on any atom is -0.453 e. The van der Waals surface area contributed by atoms with Gasteiger partial charge in [0.2, 0.25) is 0 Å². The highest BCUT2D eigenvalue weighted by atomic mass is 16.5. The van der Waals surface area contributed by atoms with Gasteiger partial charge in [-0.25, -0.2) is 14.8 Å². The summed E-state index contributed by atoms with van der Waals surface area (Å²) in [7, 11) is 1.43. The van der Waals surface area contributed by atoms with Gasteiger partial charge in [0.15, 0.2) is 0 Å². The van der Waals surface area contributed by atoms with Crippen molar-refractivity contribution in [3.63, 3.8) is 0 Å². The van der Waals surface area contributed by atoms with Crippen molar-refractivity contribution in [1.82, 2.24) is 14.9 Å². The van der Waals surface area contributed by atoms with E-state index < -0.39 is 0 Å². The van der Waals surface area contributed by atoms with Gasteiger partial charge in [-0.2, -0.15) is 0 Å². The Morgan fingerprint density at radius 2 is 1.82 bits per heavy atom. The summed E-state index contributed by atoms with van der Waals surface area (Å²) in [6.45, 7) is 3.60. The number of hydrogen-bond acceptors (Lipinski definition) is 4. The van der Waals surface area contributed by atoms with Gasteiger partial charge in [-0.1, -0.05) is 0 Å². The van der Waals surface area contributed by atoms with Crippen LogP contribution in [0, 0.1) is 6.92 Å². The molecule has 94 valence electrons. The summed E-state index contributed by atoms with van der Waals surface area (Å²) in [5, 5.41) is 0. The molecule has 1 amide bonds. The molecule has 0 aromatic carbocycles. The van der Waals surface area contributed by atoms with E-state index in [0.29, 0.717) is 0 Å². The van der Waals surface area contributed by atoms with Gasteiger partial charge >= 0.3 is 6.09 Å². The first-order valence-corrected chi connectivity index (χ1v) is 5.80. The van der Waals surface area contributed by atoms with Gasteiger partial charge in [-0.05, 0) is 32.3 Å². The lowest BCUT2D eigenvalue weighted by atomic mass is 10.1. The third kappa shape index (κ3) is 5.29. The molecule has 0 saturated carbocycles. The highest BCUT2D eigenvalue weighted by molar-refractivity contribution is 5.67. The Labute approximate surface area is 102 Å². The number of nitrogens with zero attached hydrogens (tertiary/aromatic N) is 3. The molecule has 17 heavy (non-hydrogen) atoms. The van der Waals surface area contributed by atoms with Crippen LogP contribution in [0.15, 0.2) is 18.5 Å². The molecule has 1 aromatic rings. The summed E-state index contributed by atoms with van der Waals surface area (Å²) in [5.74, 6) is 0.822. The first kappa shape index (κ1) is 13.4. The topological polar surface area (TPSA) is 55.3 Å². The van der Waals surface area contributed by atoms with Crippen molar-refractivity contribution in [2.24, 2.45) is 0 Å². The first-order chi connectivity index (χ1) is 8.24. The van der Waals surface area contributed by atoms with Crippen LogP contribution in [0.2, 0.25) is 0 Å². The number of carbonyl (C=O) groups is 1. The SMILES string of the molecule is COC(=O)N1CCCCC1.Cc1ncccn1. The zero-order valence-corrected chi connectivity index (χ0v) is 10.4. The van der Waals surface area contributed by atoms with Gasteiger partial charge in [-0.3, -0.25) is 0 Å². The standard InChI is InChI=1S/C7H13NO2.C5H6N2/c1-10-7(9)8-5-3-2-4-6-8;1-5-6-3-2-4-7-5/h2-6H2,1H3;2-4H,1H3. The molecule has 0 spiro atoms. The van der Waals surface area contributed by atoms with Gasteiger partial charge in [-0.15, -0.1) is 0 Å². The normalized spacial score (nSPS) is 14.6. The Kier molecular flexibility index (Phi) is 5.99. The molecule has 0 aliphatic carbocycles. The van der Waals surface area contributed by atoms with Gasteiger partial charge in [0, 0.05) is 25.5 Å². The molecule has 0 bridgehead atoms. The minimum atomic E-state index is -0.181. The van der Waals surface area contributed by atoms with E-state index in [2.05, 4.69) is 14.7 Å². The monoisotopic (exact) mass is 237 g/mol. The predicted octanol–water partition coefficient (Wildman–Crippen LogP) is 2.02. The molecule has 1 fully saturated rings. The Bertz CT molecular complexity index is 324. The minimum absolute atomic E-state index is 0.181. The fourth-order valence-electron chi connectivity index (χ4n) is 1.58. The van der Waals surface area contributed by atoms with Crippen LogP contribution in [0.5, 0.6) is 0 Å². The van der Waals surface area contributed by atoms with Crippen LogP contribution in [-0.4, -0.2) is 41.2 Å². The summed E-state index contributed by atoms with van der Waals surface area (Å²) in [6.07, 6.45) is 6.75. The van der Waals surface area contributed by atoms with Crippen molar-refractivity contribution in [2.45, 2.75) is 26.2 Å². The molecule has 0 atom stereocenters. The third-order valence-electron chi connectivity index (χ3n) is 2.48. The van der Waals surface area contributed by atoms with Crippen molar-refractivity contribution in [3.05, 3.63) is 24.3 Å². The van der Waals surface area contributed by atoms with E-state index >= 15 is 0 Å². The Morgan fingerprint density at radius 1 is 1.24 bits per heavy atom. The number of methoxy groups -OCH3 is 1. The van der Waals surface area contributed by atoms with Crippen LogP contribution >= 0.6 is 0 Å². The maximum absolute atomic E-state index is 10.9. The number of aromatic nitrogens is 2. The lowest BCUT2D eigenvalue weighted by Gasteiger charge is -2.24. The summed E-state index contributed by atoms with van der Waals surface area (Å²) in [5.41, 5.74) is 0. The van der Waals surface area contributed by atoms with Crippen molar-refractivity contribution < 1.29 is 9.53 Å². The second kappa shape index (κ2) is 7.60. The quantitative estimate of drug-likeness (QED) is 0.692. The maximum atomic E-state index is 10.9. The molecule has 5 nitrogen and oxygen atoms in total. The molecule has 2 heterocycles. The van der Waals surface area contributed by atoms with E-state index in [-0.39, 0.29) is 6.09 Å². The molecule has 0 unspecified atom stereocenters. The number of piperidine rings is 1. The number of ether oxygens (including phenoxy) is 1. The molecule has 2 rings (SSSR count). The van der Waals surface area contributed by atoms with Gasteiger partial charge < -0.3 is 9.64 Å². The zero-order chi connectivity index (χ0) is 12.5. The largest absolute Gasteiger partial charge is 0.453 e. The van der Waals surface area contributed by atoms with E-state index in [1.165, 1.54) is 13.5 Å².